The number of rotatable bonds is 7. The van der Waals surface area contributed by atoms with Crippen LogP contribution in [-0.2, 0) is 4.74 Å². The van der Waals surface area contributed by atoms with Gasteiger partial charge in [-0.05, 0) is 19.3 Å². The molecular weight excluding hydrogens is 185 g/mol. The first-order chi connectivity index (χ1) is 6.06. The third-order valence-corrected chi connectivity index (χ3v) is 1.45. The molecule has 2 nitrogen and oxygen atoms in total. The summed E-state index contributed by atoms with van der Waals surface area (Å²) >= 11 is 0. The van der Waals surface area contributed by atoms with E-state index in [1.165, 1.54) is 0 Å². The molecule has 0 aliphatic heterocycles. The Bertz CT molecular complexity index is 114. The Hall–Kier alpha value is -0.290. The highest BCUT2D eigenvalue weighted by Gasteiger charge is 2.25. The third kappa shape index (κ3) is 11.7. The van der Waals surface area contributed by atoms with Gasteiger partial charge in [-0.2, -0.15) is 13.2 Å². The lowest BCUT2D eigenvalue weighted by atomic mass is 10.3. The molecule has 0 atom stereocenters. The van der Waals surface area contributed by atoms with Gasteiger partial charge in [0.2, 0.25) is 0 Å². The Morgan fingerprint density at radius 1 is 1.00 bits per heavy atom. The molecule has 0 aromatic rings. The monoisotopic (exact) mass is 200 g/mol. The zero-order valence-corrected chi connectivity index (χ0v) is 7.44. The summed E-state index contributed by atoms with van der Waals surface area (Å²) in [5.74, 6) is 0. The van der Waals surface area contributed by atoms with Crippen LogP contribution in [0.2, 0.25) is 0 Å². The summed E-state index contributed by atoms with van der Waals surface area (Å²) in [6.07, 6.45) is -3.51. The molecule has 0 fully saturated rings. The molecule has 0 heterocycles. The van der Waals surface area contributed by atoms with Gasteiger partial charge in [0, 0.05) is 26.2 Å². The van der Waals surface area contributed by atoms with Crippen molar-refractivity contribution in [3.8, 4) is 0 Å². The Morgan fingerprint density at radius 2 is 1.62 bits per heavy atom. The first-order valence-corrected chi connectivity index (χ1v) is 4.31. The fourth-order valence-electron chi connectivity index (χ4n) is 0.793. The number of halogens is 3. The van der Waals surface area contributed by atoms with Gasteiger partial charge >= 0.3 is 6.18 Å². The zero-order chi connectivity index (χ0) is 10.2. The predicted molar refractivity (Wildman–Crippen MR) is 42.4 cm³/mol. The topological polar surface area (TPSA) is 29.5 Å². The number of ether oxygens (including phenoxy) is 1. The van der Waals surface area contributed by atoms with Gasteiger partial charge < -0.3 is 9.84 Å². The van der Waals surface area contributed by atoms with Crippen LogP contribution < -0.4 is 0 Å². The molecule has 1 N–H and O–H groups in total. The van der Waals surface area contributed by atoms with E-state index in [4.69, 9.17) is 9.84 Å². The molecule has 0 amide bonds. The summed E-state index contributed by atoms with van der Waals surface area (Å²) in [4.78, 5) is 0. The lowest BCUT2D eigenvalue weighted by Crippen LogP contribution is -2.09. The third-order valence-electron chi connectivity index (χ3n) is 1.45. The normalized spacial score (nSPS) is 12.0. The van der Waals surface area contributed by atoms with Crippen molar-refractivity contribution in [2.45, 2.75) is 31.9 Å². The minimum Gasteiger partial charge on any atom is -0.396 e. The maximum absolute atomic E-state index is 11.6. The van der Waals surface area contributed by atoms with E-state index in [1.54, 1.807) is 0 Å². The highest BCUT2D eigenvalue weighted by Crippen LogP contribution is 2.20. The Balaban J connectivity index is 3.00. The summed E-state index contributed by atoms with van der Waals surface area (Å²) in [5.41, 5.74) is 0. The first kappa shape index (κ1) is 12.7. The van der Waals surface area contributed by atoms with Crippen molar-refractivity contribution in [3.05, 3.63) is 0 Å². The highest BCUT2D eigenvalue weighted by atomic mass is 19.4. The van der Waals surface area contributed by atoms with Crippen LogP contribution in [-0.4, -0.2) is 31.1 Å². The number of alkyl halides is 3. The fourth-order valence-corrected chi connectivity index (χ4v) is 0.793. The minimum atomic E-state index is -4.07. The molecule has 0 spiro atoms. The molecule has 5 heteroatoms. The maximum atomic E-state index is 11.6. The highest BCUT2D eigenvalue weighted by molar-refractivity contribution is 4.49. The van der Waals surface area contributed by atoms with Crippen LogP contribution in [0.25, 0.3) is 0 Å². The quantitative estimate of drug-likeness (QED) is 0.638. The van der Waals surface area contributed by atoms with Crippen LogP contribution in [0.5, 0.6) is 0 Å². The van der Waals surface area contributed by atoms with Gasteiger partial charge in [-0.25, -0.2) is 0 Å². The largest absolute Gasteiger partial charge is 0.396 e. The summed E-state index contributed by atoms with van der Waals surface area (Å²) in [7, 11) is 0. The van der Waals surface area contributed by atoms with E-state index in [9.17, 15) is 13.2 Å². The SMILES string of the molecule is OCCCCOCCCC(F)(F)F. The van der Waals surface area contributed by atoms with Crippen molar-refractivity contribution >= 4 is 0 Å². The average Bonchev–Trinajstić information content (AvgIpc) is 2.01. The summed E-state index contributed by atoms with van der Waals surface area (Å²) in [6, 6.07) is 0. The van der Waals surface area contributed by atoms with Crippen molar-refractivity contribution in [1.82, 2.24) is 0 Å². The van der Waals surface area contributed by atoms with Gasteiger partial charge in [0.25, 0.3) is 0 Å². The molecule has 80 valence electrons. The smallest absolute Gasteiger partial charge is 0.389 e. The van der Waals surface area contributed by atoms with Crippen molar-refractivity contribution in [3.63, 3.8) is 0 Å². The molecule has 0 radical (unpaired) electrons. The summed E-state index contributed by atoms with van der Waals surface area (Å²) < 4.78 is 39.7. The molecule has 0 aromatic heterocycles. The molecule has 0 aromatic carbocycles. The van der Waals surface area contributed by atoms with Crippen molar-refractivity contribution < 1.29 is 23.0 Å². The van der Waals surface area contributed by atoms with Gasteiger partial charge in [-0.1, -0.05) is 0 Å². The van der Waals surface area contributed by atoms with Crippen LogP contribution in [0.4, 0.5) is 13.2 Å². The standard InChI is InChI=1S/C8H15F3O2/c9-8(10,11)4-3-7-13-6-2-1-5-12/h12H,1-7H2. The molecule has 0 rings (SSSR count). The fraction of sp³-hybridized carbons (Fsp3) is 1.00. The number of hydrogen-bond donors (Lipinski definition) is 1. The van der Waals surface area contributed by atoms with Crippen LogP contribution in [0, 0.1) is 0 Å². The van der Waals surface area contributed by atoms with Crippen LogP contribution >= 0.6 is 0 Å². The van der Waals surface area contributed by atoms with Gasteiger partial charge in [0.05, 0.1) is 0 Å². The van der Waals surface area contributed by atoms with Gasteiger partial charge in [0.15, 0.2) is 0 Å². The molecular formula is C8H15F3O2. The lowest BCUT2D eigenvalue weighted by Gasteiger charge is -2.06. The number of aliphatic hydroxyl groups is 1. The molecule has 0 saturated carbocycles. The van der Waals surface area contributed by atoms with Crippen LogP contribution in [0.15, 0.2) is 0 Å². The average molecular weight is 200 g/mol. The Morgan fingerprint density at radius 3 is 2.15 bits per heavy atom. The second-order valence-electron chi connectivity index (χ2n) is 2.76. The molecule has 0 unspecified atom stereocenters. The maximum Gasteiger partial charge on any atom is 0.389 e. The number of aliphatic hydroxyl groups excluding tert-OH is 1. The van der Waals surface area contributed by atoms with Crippen molar-refractivity contribution in [1.29, 1.82) is 0 Å². The van der Waals surface area contributed by atoms with Crippen LogP contribution in [0.1, 0.15) is 25.7 Å². The van der Waals surface area contributed by atoms with E-state index >= 15 is 0 Å². The summed E-state index contributed by atoms with van der Waals surface area (Å²) in [5, 5.41) is 8.37. The Labute approximate surface area is 75.7 Å². The molecule has 0 saturated heterocycles. The minimum absolute atomic E-state index is 0.0165. The molecule has 0 aliphatic carbocycles. The van der Waals surface area contributed by atoms with E-state index in [0.29, 0.717) is 19.4 Å². The van der Waals surface area contributed by atoms with Gasteiger partial charge in [0.1, 0.15) is 0 Å². The first-order valence-electron chi connectivity index (χ1n) is 4.31. The van der Waals surface area contributed by atoms with Gasteiger partial charge in [-0.15, -0.1) is 0 Å². The molecule has 13 heavy (non-hydrogen) atoms. The van der Waals surface area contributed by atoms with E-state index in [0.717, 1.165) is 0 Å². The van der Waals surface area contributed by atoms with Gasteiger partial charge in [-0.3, -0.25) is 0 Å². The van der Waals surface area contributed by atoms with E-state index < -0.39 is 12.6 Å². The second kappa shape index (κ2) is 7.15. The van der Waals surface area contributed by atoms with E-state index in [-0.39, 0.29) is 19.6 Å². The number of unbranched alkanes of at least 4 members (excludes halogenated alkanes) is 1. The number of hydrogen-bond acceptors (Lipinski definition) is 2. The van der Waals surface area contributed by atoms with Crippen LogP contribution in [0.3, 0.4) is 0 Å². The zero-order valence-electron chi connectivity index (χ0n) is 7.44. The van der Waals surface area contributed by atoms with Crippen molar-refractivity contribution in [2.75, 3.05) is 19.8 Å². The van der Waals surface area contributed by atoms with E-state index in [1.807, 2.05) is 0 Å². The molecule has 0 aliphatic rings. The van der Waals surface area contributed by atoms with E-state index in [2.05, 4.69) is 0 Å². The summed E-state index contributed by atoms with van der Waals surface area (Å²) in [6.45, 7) is 0.676. The second-order valence-corrected chi connectivity index (χ2v) is 2.76. The Kier molecular flexibility index (Phi) is 6.99. The molecule has 0 bridgehead atoms. The predicted octanol–water partition coefficient (Wildman–Crippen LogP) is 2.12. The van der Waals surface area contributed by atoms with Crippen molar-refractivity contribution in [2.24, 2.45) is 0 Å². The lowest BCUT2D eigenvalue weighted by molar-refractivity contribution is -0.137.